The van der Waals surface area contributed by atoms with Crippen molar-refractivity contribution in [3.63, 3.8) is 0 Å². The van der Waals surface area contributed by atoms with E-state index in [0.717, 1.165) is 24.2 Å². The number of benzene rings is 1. The first-order valence-corrected chi connectivity index (χ1v) is 14.4. The number of nitrogens with two attached hydrogens (primary N) is 1. The zero-order valence-corrected chi connectivity index (χ0v) is 22.3. The lowest BCUT2D eigenvalue weighted by Crippen LogP contribution is -2.66. The lowest BCUT2D eigenvalue weighted by Gasteiger charge is -2.71. The topological polar surface area (TPSA) is 63.3 Å². The molecule has 0 aromatic heterocycles. The van der Waals surface area contributed by atoms with Gasteiger partial charge in [-0.1, -0.05) is 52.3 Å². The van der Waals surface area contributed by atoms with Crippen molar-refractivity contribution in [3.05, 3.63) is 41.5 Å². The molecule has 6 rings (SSSR count). The number of hydrogen-bond acceptors (Lipinski definition) is 2. The van der Waals surface area contributed by atoms with Crippen molar-refractivity contribution in [2.45, 2.75) is 97.4 Å². The van der Waals surface area contributed by atoms with Crippen molar-refractivity contribution in [1.29, 1.82) is 0 Å². The molecule has 5 aliphatic carbocycles. The number of fused-ring (bicyclic) bond motifs is 7. The largest absolute Gasteiger partial charge is 0.478 e. The minimum atomic E-state index is -0.849. The van der Waals surface area contributed by atoms with Crippen LogP contribution in [-0.2, 0) is 0 Å². The van der Waals surface area contributed by atoms with Crippen LogP contribution in [0.2, 0.25) is 0 Å². The molecule has 35 heavy (non-hydrogen) atoms. The molecule has 4 saturated carbocycles. The molecule has 0 heterocycles. The fourth-order valence-electron chi connectivity index (χ4n) is 11.0. The van der Waals surface area contributed by atoms with E-state index in [1.165, 1.54) is 68.9 Å². The normalized spacial score (nSPS) is 48.7. The Kier molecular flexibility index (Phi) is 5.23. The summed E-state index contributed by atoms with van der Waals surface area (Å²) in [4.78, 5) is 11.3. The fraction of sp³-hybridized carbons (Fsp3) is 0.719. The molecule has 3 nitrogen and oxygen atoms in total. The standard InChI is InChI=1S/C32H45NO2/c1-20-23(21-7-9-22(10-8-21)28(34)35)13-16-29(2)24(20)14-17-31(4)27(29)12-11-25-26-6-5-15-32(26,33)19-18-30(25,31)3/h7-10,13,20,24-27H,5-6,11-12,14-19,33H2,1-4H3,(H,34,35)/t20?,24?,25?,26?,27?,29?,30-,31?,32?/m1/s1. The average Bonchev–Trinajstić information content (AvgIpc) is 3.21. The third-order valence-corrected chi connectivity index (χ3v) is 13.1. The van der Waals surface area contributed by atoms with Gasteiger partial charge in [0.1, 0.15) is 0 Å². The van der Waals surface area contributed by atoms with E-state index in [1.807, 2.05) is 12.1 Å². The van der Waals surface area contributed by atoms with Crippen molar-refractivity contribution in [2.24, 2.45) is 51.6 Å². The van der Waals surface area contributed by atoms with Crippen LogP contribution < -0.4 is 5.73 Å². The maximum atomic E-state index is 11.3. The smallest absolute Gasteiger partial charge is 0.335 e. The molecule has 190 valence electrons. The number of hydrogen-bond donors (Lipinski definition) is 2. The van der Waals surface area contributed by atoms with Crippen molar-refractivity contribution in [2.75, 3.05) is 0 Å². The van der Waals surface area contributed by atoms with Crippen molar-refractivity contribution in [3.8, 4) is 0 Å². The number of carboxylic acid groups (broad SMARTS) is 1. The SMILES string of the molecule is CC1C(c2ccc(C(=O)O)cc2)=CCC2(C)C1CCC1(C)C2CCC2C3CCCC3(N)CC[C@]21C. The predicted molar refractivity (Wildman–Crippen MR) is 142 cm³/mol. The highest BCUT2D eigenvalue weighted by atomic mass is 16.4. The summed E-state index contributed by atoms with van der Waals surface area (Å²) >= 11 is 0. The number of allylic oxidation sites excluding steroid dienone is 2. The molecule has 9 atom stereocenters. The van der Waals surface area contributed by atoms with Gasteiger partial charge in [0.25, 0.3) is 0 Å². The van der Waals surface area contributed by atoms with Gasteiger partial charge in [0.15, 0.2) is 0 Å². The maximum absolute atomic E-state index is 11.3. The average molecular weight is 476 g/mol. The molecule has 0 saturated heterocycles. The van der Waals surface area contributed by atoms with Crippen LogP contribution in [0.25, 0.3) is 5.57 Å². The van der Waals surface area contributed by atoms with Gasteiger partial charge in [-0.15, -0.1) is 0 Å². The second-order valence-corrected chi connectivity index (χ2v) is 14.0. The van der Waals surface area contributed by atoms with Crippen molar-refractivity contribution >= 4 is 11.5 Å². The molecule has 5 aliphatic rings. The summed E-state index contributed by atoms with van der Waals surface area (Å²) in [5.74, 6) is 2.69. The highest BCUT2D eigenvalue weighted by molar-refractivity contribution is 5.88. The van der Waals surface area contributed by atoms with Gasteiger partial charge in [-0.05, 0) is 127 Å². The van der Waals surface area contributed by atoms with Gasteiger partial charge in [0, 0.05) is 5.54 Å². The van der Waals surface area contributed by atoms with Crippen LogP contribution in [0.4, 0.5) is 0 Å². The van der Waals surface area contributed by atoms with Crippen LogP contribution in [-0.4, -0.2) is 16.6 Å². The van der Waals surface area contributed by atoms with E-state index in [-0.39, 0.29) is 5.54 Å². The first kappa shape index (κ1) is 23.8. The van der Waals surface area contributed by atoms with Crippen molar-refractivity contribution < 1.29 is 9.90 Å². The van der Waals surface area contributed by atoms with E-state index in [9.17, 15) is 9.90 Å². The molecule has 3 heteroatoms. The third kappa shape index (κ3) is 3.09. The van der Waals surface area contributed by atoms with Crippen LogP contribution in [0.3, 0.4) is 0 Å². The van der Waals surface area contributed by atoms with E-state index in [0.29, 0.717) is 33.6 Å². The zero-order chi connectivity index (χ0) is 24.8. The highest BCUT2D eigenvalue weighted by Crippen LogP contribution is 2.74. The van der Waals surface area contributed by atoms with E-state index >= 15 is 0 Å². The number of aromatic carboxylic acids is 1. The number of carboxylic acids is 1. The zero-order valence-electron chi connectivity index (χ0n) is 22.3. The molecular weight excluding hydrogens is 430 g/mol. The number of carbonyl (C=O) groups is 1. The summed E-state index contributed by atoms with van der Waals surface area (Å²) in [5.41, 5.74) is 11.4. The van der Waals surface area contributed by atoms with Crippen LogP contribution >= 0.6 is 0 Å². The van der Waals surface area contributed by atoms with Crippen molar-refractivity contribution in [1.82, 2.24) is 0 Å². The van der Waals surface area contributed by atoms with Gasteiger partial charge in [0.05, 0.1) is 5.56 Å². The Morgan fingerprint density at radius 3 is 2.34 bits per heavy atom. The molecular formula is C32H45NO2. The minimum absolute atomic E-state index is 0.127. The summed E-state index contributed by atoms with van der Waals surface area (Å²) in [7, 11) is 0. The molecule has 4 fully saturated rings. The quantitative estimate of drug-likeness (QED) is 0.464. The molecule has 1 aromatic carbocycles. The van der Waals surface area contributed by atoms with Gasteiger partial charge in [-0.3, -0.25) is 0 Å². The summed E-state index contributed by atoms with van der Waals surface area (Å²) in [6.07, 6.45) is 15.6. The summed E-state index contributed by atoms with van der Waals surface area (Å²) in [6, 6.07) is 7.58. The molecule has 8 unspecified atom stereocenters. The Morgan fingerprint density at radius 2 is 1.63 bits per heavy atom. The lowest BCUT2D eigenvalue weighted by atomic mass is 9.34. The highest BCUT2D eigenvalue weighted by Gasteiger charge is 2.68. The number of rotatable bonds is 2. The second-order valence-electron chi connectivity index (χ2n) is 14.0. The first-order valence-electron chi connectivity index (χ1n) is 14.4. The summed E-state index contributed by atoms with van der Waals surface area (Å²) < 4.78 is 0. The second kappa shape index (κ2) is 7.70. The molecule has 0 bridgehead atoms. The Balaban J connectivity index is 1.32. The maximum Gasteiger partial charge on any atom is 0.335 e. The third-order valence-electron chi connectivity index (χ3n) is 13.1. The van der Waals surface area contributed by atoms with Crippen LogP contribution in [0.5, 0.6) is 0 Å². The monoisotopic (exact) mass is 475 g/mol. The Labute approximate surface area is 211 Å². The molecule has 0 amide bonds. The van der Waals surface area contributed by atoms with Crippen LogP contribution in [0.1, 0.15) is 108 Å². The fourth-order valence-corrected chi connectivity index (χ4v) is 11.0. The van der Waals surface area contributed by atoms with Crippen LogP contribution in [0, 0.1) is 45.8 Å². The van der Waals surface area contributed by atoms with E-state index < -0.39 is 5.97 Å². The Morgan fingerprint density at radius 1 is 0.886 bits per heavy atom. The first-order chi connectivity index (χ1) is 16.5. The summed E-state index contributed by atoms with van der Waals surface area (Å²) in [6.45, 7) is 10.4. The van der Waals surface area contributed by atoms with Crippen LogP contribution in [0.15, 0.2) is 30.3 Å². The van der Waals surface area contributed by atoms with Gasteiger partial charge in [-0.25, -0.2) is 4.79 Å². The molecule has 0 radical (unpaired) electrons. The van der Waals surface area contributed by atoms with Gasteiger partial charge in [0.2, 0.25) is 0 Å². The Hall–Kier alpha value is -1.61. The van der Waals surface area contributed by atoms with Gasteiger partial charge in [-0.2, -0.15) is 0 Å². The predicted octanol–water partition coefficient (Wildman–Crippen LogP) is 7.55. The van der Waals surface area contributed by atoms with E-state index in [2.05, 4.69) is 33.8 Å². The molecule has 1 aromatic rings. The molecule has 3 N–H and O–H groups in total. The van der Waals surface area contributed by atoms with Gasteiger partial charge >= 0.3 is 5.97 Å². The van der Waals surface area contributed by atoms with Gasteiger partial charge < -0.3 is 10.8 Å². The molecule has 0 aliphatic heterocycles. The van der Waals surface area contributed by atoms with E-state index in [4.69, 9.17) is 5.73 Å². The van der Waals surface area contributed by atoms with E-state index in [1.54, 1.807) is 12.1 Å². The molecule has 0 spiro atoms. The lowest BCUT2D eigenvalue weighted by molar-refractivity contribution is -0.209. The minimum Gasteiger partial charge on any atom is -0.478 e. The summed E-state index contributed by atoms with van der Waals surface area (Å²) in [5, 5.41) is 9.31. The Bertz CT molecular complexity index is 1060.